The number of benzene rings is 2. The molecule has 8 heteroatoms. The summed E-state index contributed by atoms with van der Waals surface area (Å²) in [6, 6.07) is 13.1. The molecule has 1 fully saturated rings. The number of nitrogens with one attached hydrogen (secondary N) is 1. The van der Waals surface area contributed by atoms with Gasteiger partial charge in [0, 0.05) is 17.5 Å². The lowest BCUT2D eigenvalue weighted by molar-refractivity contribution is -0.0286. The number of rotatable bonds is 6. The van der Waals surface area contributed by atoms with Crippen LogP contribution in [0.4, 0.5) is 13.2 Å². The van der Waals surface area contributed by atoms with Crippen LogP contribution < -0.4 is 10.5 Å². The van der Waals surface area contributed by atoms with Gasteiger partial charge in [-0.25, -0.2) is 26.7 Å². The van der Waals surface area contributed by atoms with Gasteiger partial charge in [-0.05, 0) is 24.0 Å². The Morgan fingerprint density at radius 2 is 1.81 bits per heavy atom. The van der Waals surface area contributed by atoms with Gasteiger partial charge in [0.1, 0.15) is 5.82 Å². The van der Waals surface area contributed by atoms with Gasteiger partial charge in [-0.15, -0.1) is 0 Å². The van der Waals surface area contributed by atoms with E-state index in [1.807, 2.05) is 6.07 Å². The Kier molecular flexibility index (Phi) is 5.60. The fraction of sp³-hybridized carbons (Fsp3) is 0.368. The second-order valence-corrected chi connectivity index (χ2v) is 8.59. The van der Waals surface area contributed by atoms with Crippen LogP contribution in [0.5, 0.6) is 0 Å². The molecule has 146 valence electrons. The first-order valence-electron chi connectivity index (χ1n) is 8.62. The fourth-order valence-electron chi connectivity index (χ4n) is 3.57. The second kappa shape index (κ2) is 7.61. The van der Waals surface area contributed by atoms with Crippen LogP contribution in [-0.4, -0.2) is 32.7 Å². The standard InChI is InChI=1S/C19H21F3N2O2S/c20-18-14(7-4-8-15(18)13-5-2-1-3-6-13)11-17-16(9-10-27(23,25)26)19(21,22)12-24-17/h1-8,16-17,24H,9-12H2,(H2,23,25,26)/t16-,17+/m1/s1. The number of hydrogen-bond donors (Lipinski definition) is 2. The summed E-state index contributed by atoms with van der Waals surface area (Å²) in [4.78, 5) is 0. The Labute approximate surface area is 156 Å². The molecule has 0 aromatic heterocycles. The molecule has 2 atom stereocenters. The molecule has 4 nitrogen and oxygen atoms in total. The molecule has 1 heterocycles. The minimum atomic E-state index is -3.84. The molecule has 1 aliphatic heterocycles. The molecule has 0 amide bonds. The third kappa shape index (κ3) is 4.69. The van der Waals surface area contributed by atoms with E-state index in [1.54, 1.807) is 42.5 Å². The molecule has 2 aromatic rings. The van der Waals surface area contributed by atoms with Gasteiger partial charge in [0.25, 0.3) is 5.92 Å². The van der Waals surface area contributed by atoms with Crippen molar-refractivity contribution in [2.75, 3.05) is 12.3 Å². The molecule has 1 saturated heterocycles. The summed E-state index contributed by atoms with van der Waals surface area (Å²) in [5.74, 6) is -5.28. The summed E-state index contributed by atoms with van der Waals surface area (Å²) < 4.78 is 65.7. The SMILES string of the molecule is NS(=O)(=O)CC[C@@H]1[C@H](Cc2cccc(-c3ccccc3)c2F)NCC1(F)F. The Hall–Kier alpha value is -1.90. The summed E-state index contributed by atoms with van der Waals surface area (Å²) in [5, 5.41) is 7.67. The van der Waals surface area contributed by atoms with Crippen LogP contribution in [0.3, 0.4) is 0 Å². The van der Waals surface area contributed by atoms with E-state index in [4.69, 9.17) is 5.14 Å². The van der Waals surface area contributed by atoms with E-state index in [0.717, 1.165) is 0 Å². The molecular weight excluding hydrogens is 377 g/mol. The van der Waals surface area contributed by atoms with Gasteiger partial charge in [0.05, 0.1) is 12.3 Å². The molecule has 0 radical (unpaired) electrons. The lowest BCUT2D eigenvalue weighted by atomic mass is 9.89. The normalized spacial score (nSPS) is 22.1. The average molecular weight is 398 g/mol. The smallest absolute Gasteiger partial charge is 0.264 e. The van der Waals surface area contributed by atoms with Crippen molar-refractivity contribution in [3.63, 3.8) is 0 Å². The number of nitrogens with two attached hydrogens (primary N) is 1. The van der Waals surface area contributed by atoms with E-state index >= 15 is 0 Å². The van der Waals surface area contributed by atoms with E-state index in [-0.39, 0.29) is 12.8 Å². The van der Waals surface area contributed by atoms with Gasteiger partial charge >= 0.3 is 0 Å². The van der Waals surface area contributed by atoms with Crippen LogP contribution in [0, 0.1) is 11.7 Å². The maximum atomic E-state index is 15.0. The molecule has 0 spiro atoms. The number of hydrogen-bond acceptors (Lipinski definition) is 3. The van der Waals surface area contributed by atoms with Gasteiger partial charge < -0.3 is 5.32 Å². The van der Waals surface area contributed by atoms with Crippen molar-refractivity contribution in [3.05, 3.63) is 59.9 Å². The van der Waals surface area contributed by atoms with Crippen LogP contribution in [0.15, 0.2) is 48.5 Å². The molecule has 1 aliphatic rings. The lowest BCUT2D eigenvalue weighted by Gasteiger charge is -2.23. The van der Waals surface area contributed by atoms with Crippen LogP contribution in [0.2, 0.25) is 0 Å². The van der Waals surface area contributed by atoms with Gasteiger partial charge in [-0.3, -0.25) is 0 Å². The zero-order valence-electron chi connectivity index (χ0n) is 14.5. The van der Waals surface area contributed by atoms with Crippen molar-refractivity contribution in [1.82, 2.24) is 5.32 Å². The number of sulfonamides is 1. The molecule has 3 N–H and O–H groups in total. The first kappa shape index (κ1) is 19.9. The molecule has 0 bridgehead atoms. The Bertz CT molecular complexity index is 904. The predicted molar refractivity (Wildman–Crippen MR) is 98.4 cm³/mol. The largest absolute Gasteiger partial charge is 0.308 e. The summed E-state index contributed by atoms with van der Waals surface area (Å²) in [6.07, 6.45) is -0.235. The fourth-order valence-corrected chi connectivity index (χ4v) is 4.15. The Balaban J connectivity index is 1.83. The molecule has 3 rings (SSSR count). The summed E-state index contributed by atoms with van der Waals surface area (Å²) in [6.45, 7) is -0.563. The summed E-state index contributed by atoms with van der Waals surface area (Å²) in [7, 11) is -3.84. The molecule has 0 aliphatic carbocycles. The highest BCUT2D eigenvalue weighted by atomic mass is 32.2. The van der Waals surface area contributed by atoms with Crippen molar-refractivity contribution in [3.8, 4) is 11.1 Å². The minimum Gasteiger partial charge on any atom is -0.308 e. The molecule has 27 heavy (non-hydrogen) atoms. The quantitative estimate of drug-likeness (QED) is 0.786. The Morgan fingerprint density at radius 3 is 2.48 bits per heavy atom. The van der Waals surface area contributed by atoms with E-state index in [0.29, 0.717) is 16.7 Å². The van der Waals surface area contributed by atoms with Crippen molar-refractivity contribution in [2.45, 2.75) is 24.8 Å². The van der Waals surface area contributed by atoms with E-state index in [2.05, 4.69) is 5.32 Å². The number of alkyl halides is 2. The number of primary sulfonamides is 1. The molecule has 2 aromatic carbocycles. The molecule has 0 unspecified atom stereocenters. The van der Waals surface area contributed by atoms with Crippen LogP contribution >= 0.6 is 0 Å². The number of halogens is 3. The zero-order chi connectivity index (χ0) is 19.7. The van der Waals surface area contributed by atoms with E-state index in [9.17, 15) is 21.6 Å². The minimum absolute atomic E-state index is 0.0391. The van der Waals surface area contributed by atoms with Gasteiger partial charge in [0.2, 0.25) is 10.0 Å². The Morgan fingerprint density at radius 1 is 1.11 bits per heavy atom. The van der Waals surface area contributed by atoms with Crippen molar-refractivity contribution >= 4 is 10.0 Å². The maximum Gasteiger partial charge on any atom is 0.264 e. The van der Waals surface area contributed by atoms with Crippen molar-refractivity contribution in [2.24, 2.45) is 11.1 Å². The highest BCUT2D eigenvalue weighted by molar-refractivity contribution is 7.89. The highest BCUT2D eigenvalue weighted by Crippen LogP contribution is 2.37. The van der Waals surface area contributed by atoms with Crippen LogP contribution in [0.1, 0.15) is 12.0 Å². The predicted octanol–water partition coefficient (Wildman–Crippen LogP) is 2.94. The second-order valence-electron chi connectivity index (χ2n) is 6.86. The highest BCUT2D eigenvalue weighted by Gasteiger charge is 2.49. The summed E-state index contributed by atoms with van der Waals surface area (Å²) in [5.41, 5.74) is 1.42. The average Bonchev–Trinajstić information content (AvgIpc) is 2.89. The third-order valence-corrected chi connectivity index (χ3v) is 5.75. The third-order valence-electron chi connectivity index (χ3n) is 4.94. The monoisotopic (exact) mass is 398 g/mol. The van der Waals surface area contributed by atoms with Crippen molar-refractivity contribution < 1.29 is 21.6 Å². The first-order chi connectivity index (χ1) is 12.7. The first-order valence-corrected chi connectivity index (χ1v) is 10.3. The lowest BCUT2D eigenvalue weighted by Crippen LogP contribution is -2.35. The van der Waals surface area contributed by atoms with Gasteiger partial charge in [-0.1, -0.05) is 48.5 Å². The van der Waals surface area contributed by atoms with E-state index in [1.165, 1.54) is 0 Å². The zero-order valence-corrected chi connectivity index (χ0v) is 15.4. The van der Waals surface area contributed by atoms with Crippen molar-refractivity contribution in [1.29, 1.82) is 0 Å². The molecular formula is C19H21F3N2O2S. The topological polar surface area (TPSA) is 72.2 Å². The van der Waals surface area contributed by atoms with E-state index < -0.39 is 46.0 Å². The van der Waals surface area contributed by atoms with Crippen LogP contribution in [-0.2, 0) is 16.4 Å². The van der Waals surface area contributed by atoms with Gasteiger partial charge in [-0.2, -0.15) is 0 Å². The van der Waals surface area contributed by atoms with Crippen LogP contribution in [0.25, 0.3) is 11.1 Å². The maximum absolute atomic E-state index is 15.0. The summed E-state index contributed by atoms with van der Waals surface area (Å²) >= 11 is 0. The van der Waals surface area contributed by atoms with Gasteiger partial charge in [0.15, 0.2) is 0 Å². The molecule has 0 saturated carbocycles.